The molecule has 1 fully saturated rings. The van der Waals surface area contributed by atoms with Crippen molar-refractivity contribution >= 4 is 29.9 Å². The molecule has 134 valence electrons. The van der Waals surface area contributed by atoms with E-state index in [-0.39, 0.29) is 30.8 Å². The lowest BCUT2D eigenvalue weighted by Gasteiger charge is -2.31. The highest BCUT2D eigenvalue weighted by Crippen LogP contribution is 2.27. The monoisotopic (exact) mass is 355 g/mol. The minimum Gasteiger partial charge on any atom is -0.484 e. The van der Waals surface area contributed by atoms with Gasteiger partial charge in [0.2, 0.25) is 5.91 Å². The average molecular weight is 356 g/mol. The average Bonchev–Trinajstić information content (AvgIpc) is 2.54. The van der Waals surface area contributed by atoms with Crippen LogP contribution in [-0.2, 0) is 9.59 Å². The van der Waals surface area contributed by atoms with E-state index < -0.39 is 5.54 Å². The molecule has 1 aromatic rings. The second kappa shape index (κ2) is 8.89. The molecule has 1 aromatic carbocycles. The number of carbonyl (C=O) groups is 2. The second-order valence-electron chi connectivity index (χ2n) is 6.27. The first-order chi connectivity index (χ1) is 10.9. The summed E-state index contributed by atoms with van der Waals surface area (Å²) in [6.45, 7) is -0.00931. The first kappa shape index (κ1) is 20.3. The summed E-state index contributed by atoms with van der Waals surface area (Å²) in [7, 11) is 3.36. The Morgan fingerprint density at radius 2 is 1.75 bits per heavy atom. The molecule has 0 bridgehead atoms. The van der Waals surface area contributed by atoms with E-state index in [0.717, 1.165) is 32.1 Å². The normalized spacial score (nSPS) is 15.8. The number of carbonyl (C=O) groups excluding carboxylic acids is 2. The van der Waals surface area contributed by atoms with Crippen molar-refractivity contribution in [1.29, 1.82) is 0 Å². The van der Waals surface area contributed by atoms with Gasteiger partial charge in [0.1, 0.15) is 5.75 Å². The van der Waals surface area contributed by atoms with E-state index in [0.29, 0.717) is 11.4 Å². The first-order valence-electron chi connectivity index (χ1n) is 7.94. The number of halogens is 1. The van der Waals surface area contributed by atoms with Crippen molar-refractivity contribution in [2.75, 3.05) is 26.0 Å². The van der Waals surface area contributed by atoms with E-state index in [1.165, 1.54) is 4.90 Å². The molecule has 1 aliphatic rings. The fourth-order valence-corrected chi connectivity index (χ4v) is 2.57. The third kappa shape index (κ3) is 5.39. The van der Waals surface area contributed by atoms with Crippen LogP contribution in [0.15, 0.2) is 24.3 Å². The Morgan fingerprint density at radius 3 is 2.29 bits per heavy atom. The number of nitrogens with one attached hydrogen (secondary N) is 1. The van der Waals surface area contributed by atoms with E-state index in [9.17, 15) is 9.59 Å². The third-order valence-electron chi connectivity index (χ3n) is 4.17. The Balaban J connectivity index is 0.00000288. The molecule has 2 amide bonds. The number of hydrogen-bond donors (Lipinski definition) is 2. The number of hydrogen-bond acceptors (Lipinski definition) is 4. The lowest BCUT2D eigenvalue weighted by Crippen LogP contribution is -2.52. The van der Waals surface area contributed by atoms with Gasteiger partial charge in [0.25, 0.3) is 5.91 Å². The maximum Gasteiger partial charge on any atom is 0.259 e. The highest BCUT2D eigenvalue weighted by molar-refractivity contribution is 5.98. The van der Waals surface area contributed by atoms with Crippen LogP contribution in [0.1, 0.15) is 32.1 Å². The number of likely N-dealkylation sites (N-methyl/N-ethyl adjacent to an activating group) is 1. The molecule has 0 aromatic heterocycles. The van der Waals surface area contributed by atoms with Gasteiger partial charge >= 0.3 is 0 Å². The van der Waals surface area contributed by atoms with Crippen LogP contribution in [0.5, 0.6) is 5.75 Å². The SMILES string of the molecule is CN(C)C(=O)COc1ccc(NC(=O)C2(N)CCCCC2)cc1.Cl. The van der Waals surface area contributed by atoms with Gasteiger partial charge in [-0.15, -0.1) is 12.4 Å². The van der Waals surface area contributed by atoms with Crippen LogP contribution in [-0.4, -0.2) is 43.0 Å². The maximum absolute atomic E-state index is 12.3. The van der Waals surface area contributed by atoms with Crippen molar-refractivity contribution < 1.29 is 14.3 Å². The molecular formula is C17H26ClN3O3. The van der Waals surface area contributed by atoms with E-state index in [1.807, 2.05) is 0 Å². The predicted molar refractivity (Wildman–Crippen MR) is 96.5 cm³/mol. The van der Waals surface area contributed by atoms with Gasteiger partial charge in [0.15, 0.2) is 6.61 Å². The number of rotatable bonds is 5. The van der Waals surface area contributed by atoms with E-state index in [4.69, 9.17) is 10.5 Å². The zero-order valence-corrected chi connectivity index (χ0v) is 15.0. The van der Waals surface area contributed by atoms with Crippen LogP contribution < -0.4 is 15.8 Å². The van der Waals surface area contributed by atoms with E-state index in [1.54, 1.807) is 38.4 Å². The molecule has 3 N–H and O–H groups in total. The Labute approximate surface area is 149 Å². The molecule has 0 spiro atoms. The smallest absolute Gasteiger partial charge is 0.259 e. The Hall–Kier alpha value is -1.79. The lowest BCUT2D eigenvalue weighted by molar-refractivity contribution is -0.130. The lowest BCUT2D eigenvalue weighted by atomic mass is 9.82. The maximum atomic E-state index is 12.3. The summed E-state index contributed by atoms with van der Waals surface area (Å²) < 4.78 is 5.40. The van der Waals surface area contributed by atoms with Gasteiger partial charge in [-0.05, 0) is 37.1 Å². The van der Waals surface area contributed by atoms with Crippen molar-refractivity contribution in [1.82, 2.24) is 4.90 Å². The van der Waals surface area contributed by atoms with Crippen LogP contribution in [0, 0.1) is 0 Å². The summed E-state index contributed by atoms with van der Waals surface area (Å²) in [6.07, 6.45) is 4.59. The van der Waals surface area contributed by atoms with E-state index in [2.05, 4.69) is 5.32 Å². The molecule has 1 saturated carbocycles. The highest BCUT2D eigenvalue weighted by atomic mass is 35.5. The molecule has 2 rings (SSSR count). The standard InChI is InChI=1S/C17H25N3O3.ClH/c1-20(2)15(21)12-23-14-8-6-13(7-9-14)19-16(22)17(18)10-4-3-5-11-17;/h6-9H,3-5,10-12,18H2,1-2H3,(H,19,22);1H. The van der Waals surface area contributed by atoms with Crippen molar-refractivity contribution in [3.8, 4) is 5.75 Å². The molecule has 0 heterocycles. The fraction of sp³-hybridized carbons (Fsp3) is 0.529. The fourth-order valence-electron chi connectivity index (χ4n) is 2.57. The third-order valence-corrected chi connectivity index (χ3v) is 4.17. The second-order valence-corrected chi connectivity index (χ2v) is 6.27. The van der Waals surface area contributed by atoms with E-state index >= 15 is 0 Å². The minimum atomic E-state index is -0.758. The molecule has 0 saturated heterocycles. The largest absolute Gasteiger partial charge is 0.484 e. The van der Waals surface area contributed by atoms with Gasteiger partial charge in [-0.3, -0.25) is 9.59 Å². The van der Waals surface area contributed by atoms with Crippen LogP contribution in [0.25, 0.3) is 0 Å². The van der Waals surface area contributed by atoms with Crippen LogP contribution in [0.2, 0.25) is 0 Å². The van der Waals surface area contributed by atoms with Crippen molar-refractivity contribution in [3.63, 3.8) is 0 Å². The van der Waals surface area contributed by atoms with Crippen LogP contribution >= 0.6 is 12.4 Å². The van der Waals surface area contributed by atoms with Gasteiger partial charge in [0, 0.05) is 19.8 Å². The summed E-state index contributed by atoms with van der Waals surface area (Å²) in [5.74, 6) is 0.344. The van der Waals surface area contributed by atoms with Crippen molar-refractivity contribution in [2.24, 2.45) is 5.73 Å². The van der Waals surface area contributed by atoms with Gasteiger partial charge in [-0.1, -0.05) is 19.3 Å². The number of benzene rings is 1. The molecule has 0 atom stereocenters. The zero-order valence-electron chi connectivity index (χ0n) is 14.2. The number of anilines is 1. The molecule has 0 radical (unpaired) electrons. The Morgan fingerprint density at radius 1 is 1.17 bits per heavy atom. The number of nitrogens with two attached hydrogens (primary N) is 1. The summed E-state index contributed by atoms with van der Waals surface area (Å²) in [5.41, 5.74) is 6.13. The number of ether oxygens (including phenoxy) is 1. The summed E-state index contributed by atoms with van der Waals surface area (Å²) in [4.78, 5) is 25.3. The predicted octanol–water partition coefficient (Wildman–Crippen LogP) is 2.18. The molecule has 0 unspecified atom stereocenters. The van der Waals surface area contributed by atoms with Gasteiger partial charge in [-0.2, -0.15) is 0 Å². The highest BCUT2D eigenvalue weighted by Gasteiger charge is 2.35. The minimum absolute atomic E-state index is 0. The zero-order chi connectivity index (χ0) is 16.9. The molecule has 6 nitrogen and oxygen atoms in total. The summed E-state index contributed by atoms with van der Waals surface area (Å²) in [5, 5.41) is 2.87. The summed E-state index contributed by atoms with van der Waals surface area (Å²) >= 11 is 0. The molecule has 1 aliphatic carbocycles. The molecular weight excluding hydrogens is 330 g/mol. The first-order valence-corrected chi connectivity index (χ1v) is 7.94. The molecule has 0 aliphatic heterocycles. The Kier molecular flexibility index (Phi) is 7.51. The van der Waals surface area contributed by atoms with Crippen molar-refractivity contribution in [3.05, 3.63) is 24.3 Å². The van der Waals surface area contributed by atoms with Crippen LogP contribution in [0.4, 0.5) is 5.69 Å². The van der Waals surface area contributed by atoms with Gasteiger partial charge in [-0.25, -0.2) is 0 Å². The number of amides is 2. The van der Waals surface area contributed by atoms with Gasteiger partial charge in [0.05, 0.1) is 5.54 Å². The number of nitrogens with zero attached hydrogens (tertiary/aromatic N) is 1. The van der Waals surface area contributed by atoms with Crippen molar-refractivity contribution in [2.45, 2.75) is 37.6 Å². The molecule has 24 heavy (non-hydrogen) atoms. The summed E-state index contributed by atoms with van der Waals surface area (Å²) in [6, 6.07) is 6.95. The Bertz CT molecular complexity index is 555. The van der Waals surface area contributed by atoms with Crippen LogP contribution in [0.3, 0.4) is 0 Å². The van der Waals surface area contributed by atoms with Gasteiger partial charge < -0.3 is 20.7 Å². The topological polar surface area (TPSA) is 84.7 Å². The quantitative estimate of drug-likeness (QED) is 0.847. The molecule has 7 heteroatoms.